The SMILES string of the molecule is COc1ccc(OC)c(N(CC(=O)N(Cc2ccc(Cl)cc2Cl)[C@@H](Cc2ccccc2)C(=O)NC2CCCC2)S(=O)(=O)c2ccc(C)cc2)c1. The quantitative estimate of drug-likeness (QED) is 0.147. The molecule has 1 saturated carbocycles. The van der Waals surface area contributed by atoms with E-state index in [4.69, 9.17) is 32.7 Å². The molecule has 50 heavy (non-hydrogen) atoms. The van der Waals surface area contributed by atoms with Crippen molar-refractivity contribution in [3.05, 3.63) is 118 Å². The zero-order chi connectivity index (χ0) is 35.8. The van der Waals surface area contributed by atoms with Crippen LogP contribution in [0.15, 0.2) is 95.9 Å². The number of rotatable bonds is 14. The number of sulfonamides is 1. The Balaban J connectivity index is 1.63. The van der Waals surface area contributed by atoms with Crippen LogP contribution < -0.4 is 19.1 Å². The number of ether oxygens (including phenoxy) is 2. The fourth-order valence-corrected chi connectivity index (χ4v) is 7.98. The Morgan fingerprint density at radius 2 is 1.60 bits per heavy atom. The molecule has 1 N–H and O–H groups in total. The van der Waals surface area contributed by atoms with E-state index in [0.29, 0.717) is 21.4 Å². The third-order valence-corrected chi connectivity index (χ3v) is 11.2. The Labute approximate surface area is 304 Å². The lowest BCUT2D eigenvalue weighted by Crippen LogP contribution is -2.54. The number of carbonyl (C=O) groups excluding carboxylic acids is 2. The van der Waals surface area contributed by atoms with E-state index in [2.05, 4.69) is 5.32 Å². The molecule has 2 amide bonds. The van der Waals surface area contributed by atoms with Crippen LogP contribution in [0.25, 0.3) is 0 Å². The van der Waals surface area contributed by atoms with Crippen LogP contribution in [0.2, 0.25) is 10.0 Å². The molecule has 0 aromatic heterocycles. The van der Waals surface area contributed by atoms with Crippen molar-refractivity contribution < 1.29 is 27.5 Å². The van der Waals surface area contributed by atoms with Gasteiger partial charge in [-0.3, -0.25) is 13.9 Å². The topological polar surface area (TPSA) is 105 Å². The Kier molecular flexibility index (Phi) is 12.3. The molecule has 1 fully saturated rings. The van der Waals surface area contributed by atoms with E-state index in [1.165, 1.54) is 37.3 Å². The van der Waals surface area contributed by atoms with Crippen LogP contribution in [0.5, 0.6) is 11.5 Å². The standard InChI is InChI=1S/C38H41Cl2N3O6S/c1-26-13-18-32(19-14-26)50(46,47)43(34-23-31(48-2)17-20-36(34)49-3)25-37(44)42(24-28-15-16-29(39)22-33(28)40)35(21-27-9-5-4-6-10-27)38(45)41-30-11-7-8-12-30/h4-6,9-10,13-20,22-23,30,35H,7-8,11-12,21,24-25H2,1-3H3,(H,41,45)/t35-/m0/s1. The van der Waals surface area contributed by atoms with E-state index in [1.807, 2.05) is 37.3 Å². The molecule has 0 heterocycles. The van der Waals surface area contributed by atoms with E-state index >= 15 is 0 Å². The van der Waals surface area contributed by atoms with Gasteiger partial charge >= 0.3 is 0 Å². The van der Waals surface area contributed by atoms with Crippen LogP contribution >= 0.6 is 23.2 Å². The summed E-state index contributed by atoms with van der Waals surface area (Å²) in [5.41, 5.74) is 2.34. The van der Waals surface area contributed by atoms with Crippen molar-refractivity contribution in [1.29, 1.82) is 0 Å². The fraction of sp³-hybridized carbons (Fsp3) is 0.316. The average molecular weight is 739 g/mol. The summed E-state index contributed by atoms with van der Waals surface area (Å²) in [6.45, 7) is 1.11. The molecule has 0 spiro atoms. The minimum Gasteiger partial charge on any atom is -0.497 e. The summed E-state index contributed by atoms with van der Waals surface area (Å²) in [7, 11) is -1.48. The van der Waals surface area contributed by atoms with Crippen LogP contribution in [0.3, 0.4) is 0 Å². The van der Waals surface area contributed by atoms with Crippen molar-refractivity contribution >= 4 is 50.7 Å². The lowest BCUT2D eigenvalue weighted by atomic mass is 10.0. The van der Waals surface area contributed by atoms with Crippen LogP contribution in [-0.2, 0) is 32.6 Å². The smallest absolute Gasteiger partial charge is 0.264 e. The first kappa shape index (κ1) is 37.0. The van der Waals surface area contributed by atoms with E-state index in [1.54, 1.807) is 42.5 Å². The van der Waals surface area contributed by atoms with Crippen molar-refractivity contribution in [3.8, 4) is 11.5 Å². The lowest BCUT2D eigenvalue weighted by molar-refractivity contribution is -0.140. The van der Waals surface area contributed by atoms with Crippen molar-refractivity contribution in [2.45, 2.75) is 62.6 Å². The molecule has 9 nitrogen and oxygen atoms in total. The number of carbonyl (C=O) groups is 2. The summed E-state index contributed by atoms with van der Waals surface area (Å²) < 4.78 is 41.0. The van der Waals surface area contributed by atoms with Gasteiger partial charge in [-0.1, -0.05) is 90.1 Å². The second kappa shape index (κ2) is 16.6. The number of anilines is 1. The molecule has 12 heteroatoms. The summed E-state index contributed by atoms with van der Waals surface area (Å²) in [4.78, 5) is 30.5. The number of hydrogen-bond donors (Lipinski definition) is 1. The van der Waals surface area contributed by atoms with Crippen LogP contribution in [0, 0.1) is 6.92 Å². The number of hydrogen-bond acceptors (Lipinski definition) is 6. The first-order valence-electron chi connectivity index (χ1n) is 16.4. The van der Waals surface area contributed by atoms with Gasteiger partial charge in [-0.15, -0.1) is 0 Å². The number of nitrogens with one attached hydrogen (secondary N) is 1. The normalized spacial score (nSPS) is 13.8. The average Bonchev–Trinajstić information content (AvgIpc) is 3.62. The zero-order valence-electron chi connectivity index (χ0n) is 28.3. The fourth-order valence-electron chi connectivity index (χ4n) is 6.10. The van der Waals surface area contributed by atoms with E-state index in [9.17, 15) is 18.0 Å². The number of amides is 2. The molecule has 1 aliphatic carbocycles. The van der Waals surface area contributed by atoms with Gasteiger partial charge in [0.25, 0.3) is 10.0 Å². The summed E-state index contributed by atoms with van der Waals surface area (Å²) in [6.07, 6.45) is 3.89. The molecule has 5 rings (SSSR count). The van der Waals surface area contributed by atoms with Crippen molar-refractivity contribution in [3.63, 3.8) is 0 Å². The summed E-state index contributed by atoms with van der Waals surface area (Å²) in [5, 5.41) is 3.89. The first-order valence-corrected chi connectivity index (χ1v) is 18.6. The third kappa shape index (κ3) is 8.91. The largest absolute Gasteiger partial charge is 0.497 e. The molecular weight excluding hydrogens is 697 g/mol. The molecule has 4 aromatic rings. The van der Waals surface area contributed by atoms with Gasteiger partial charge in [0.15, 0.2) is 0 Å². The molecule has 4 aromatic carbocycles. The van der Waals surface area contributed by atoms with Crippen LogP contribution in [-0.4, -0.2) is 58.0 Å². The van der Waals surface area contributed by atoms with E-state index in [-0.39, 0.29) is 41.2 Å². The van der Waals surface area contributed by atoms with Gasteiger partial charge in [0, 0.05) is 35.1 Å². The molecule has 0 aliphatic heterocycles. The summed E-state index contributed by atoms with van der Waals surface area (Å²) in [5.74, 6) is -0.383. The highest BCUT2D eigenvalue weighted by Crippen LogP contribution is 2.36. The highest BCUT2D eigenvalue weighted by atomic mass is 35.5. The van der Waals surface area contributed by atoms with Gasteiger partial charge in [0.2, 0.25) is 11.8 Å². The number of halogens is 2. The highest BCUT2D eigenvalue weighted by Gasteiger charge is 2.37. The highest BCUT2D eigenvalue weighted by molar-refractivity contribution is 7.92. The van der Waals surface area contributed by atoms with Crippen LogP contribution in [0.4, 0.5) is 5.69 Å². The van der Waals surface area contributed by atoms with E-state index < -0.39 is 28.5 Å². The molecule has 264 valence electrons. The molecule has 0 saturated heterocycles. The van der Waals surface area contributed by atoms with Crippen molar-refractivity contribution in [2.24, 2.45) is 0 Å². The second-order valence-corrected chi connectivity index (χ2v) is 15.0. The molecular formula is C38H41Cl2N3O6S. The second-order valence-electron chi connectivity index (χ2n) is 12.3. The minimum atomic E-state index is -4.36. The maximum Gasteiger partial charge on any atom is 0.264 e. The Morgan fingerprint density at radius 3 is 2.24 bits per heavy atom. The molecule has 0 unspecified atom stereocenters. The third-order valence-electron chi connectivity index (χ3n) is 8.87. The number of aryl methyl sites for hydroxylation is 1. The number of nitrogens with zero attached hydrogens (tertiary/aromatic N) is 2. The van der Waals surface area contributed by atoms with Gasteiger partial charge in [0.05, 0.1) is 24.8 Å². The van der Waals surface area contributed by atoms with E-state index in [0.717, 1.165) is 41.1 Å². The van der Waals surface area contributed by atoms with Crippen molar-refractivity contribution in [1.82, 2.24) is 10.2 Å². The Morgan fingerprint density at radius 1 is 0.900 bits per heavy atom. The summed E-state index contributed by atoms with van der Waals surface area (Å²) >= 11 is 12.9. The van der Waals surface area contributed by atoms with Gasteiger partial charge in [-0.2, -0.15) is 0 Å². The lowest BCUT2D eigenvalue weighted by Gasteiger charge is -2.34. The Bertz CT molecular complexity index is 1900. The van der Waals surface area contributed by atoms with Gasteiger partial charge in [-0.25, -0.2) is 8.42 Å². The number of benzene rings is 4. The predicted molar refractivity (Wildman–Crippen MR) is 197 cm³/mol. The van der Waals surface area contributed by atoms with Gasteiger partial charge in [0.1, 0.15) is 24.1 Å². The molecule has 1 atom stereocenters. The molecule has 0 radical (unpaired) electrons. The molecule has 0 bridgehead atoms. The maximum atomic E-state index is 14.9. The Hall–Kier alpha value is -4.25. The first-order chi connectivity index (χ1) is 24.0. The van der Waals surface area contributed by atoms with Gasteiger partial charge in [-0.05, 0) is 67.3 Å². The van der Waals surface area contributed by atoms with Crippen LogP contribution in [0.1, 0.15) is 42.4 Å². The monoisotopic (exact) mass is 737 g/mol. The predicted octanol–water partition coefficient (Wildman–Crippen LogP) is 7.21. The molecule has 1 aliphatic rings. The number of methoxy groups -OCH3 is 2. The van der Waals surface area contributed by atoms with Crippen molar-refractivity contribution in [2.75, 3.05) is 25.1 Å². The summed E-state index contributed by atoms with van der Waals surface area (Å²) in [6, 6.07) is 24.4. The maximum absolute atomic E-state index is 14.9. The zero-order valence-corrected chi connectivity index (χ0v) is 30.6. The van der Waals surface area contributed by atoms with Gasteiger partial charge < -0.3 is 19.7 Å². The minimum absolute atomic E-state index is 0.0173.